The van der Waals surface area contributed by atoms with Crippen LogP contribution in [0.2, 0.25) is 0 Å². The Morgan fingerprint density at radius 2 is 1.57 bits per heavy atom. The number of carbonyl (C=O) groups is 1. The van der Waals surface area contributed by atoms with E-state index >= 15 is 0 Å². The molecular formula is C44H49IrN2O2-. The minimum absolute atomic E-state index is 0. The molecule has 3 aromatic heterocycles. The summed E-state index contributed by atoms with van der Waals surface area (Å²) in [6, 6.07) is 26.0. The molecule has 1 radical (unpaired) electrons. The molecule has 0 fully saturated rings. The van der Waals surface area contributed by atoms with Crippen LogP contribution < -0.4 is 0 Å². The Labute approximate surface area is 304 Å². The molecule has 4 nitrogen and oxygen atoms in total. The number of allylic oxidation sites excluding steroid dienone is 2. The van der Waals surface area contributed by atoms with Crippen LogP contribution in [0.1, 0.15) is 85.3 Å². The van der Waals surface area contributed by atoms with Gasteiger partial charge in [0.2, 0.25) is 0 Å². The van der Waals surface area contributed by atoms with Crippen molar-refractivity contribution in [1.29, 1.82) is 0 Å². The topological polar surface area (TPSA) is 54.6 Å². The fourth-order valence-electron chi connectivity index (χ4n) is 7.62. The minimum atomic E-state index is 0. The first-order valence-electron chi connectivity index (χ1n) is 17.8. The van der Waals surface area contributed by atoms with Gasteiger partial charge >= 0.3 is 0 Å². The molecule has 0 aliphatic carbocycles. The summed E-state index contributed by atoms with van der Waals surface area (Å²) in [5.74, 6) is 0.547. The fraction of sp³-hybridized carbons (Fsp3) is 0.364. The predicted octanol–water partition coefficient (Wildman–Crippen LogP) is 12.1. The summed E-state index contributed by atoms with van der Waals surface area (Å²) < 4.78 is 2.48. The average Bonchev–Trinajstić information content (AvgIpc) is 3.39. The number of ketones is 1. The summed E-state index contributed by atoms with van der Waals surface area (Å²) >= 11 is 0. The monoisotopic (exact) mass is 830 g/mol. The summed E-state index contributed by atoms with van der Waals surface area (Å²) in [6.07, 6.45) is 7.90. The van der Waals surface area contributed by atoms with E-state index in [0.29, 0.717) is 0 Å². The van der Waals surface area contributed by atoms with Crippen LogP contribution in [0, 0.1) is 30.2 Å². The number of aryl methyl sites for hydroxylation is 1. The second-order valence-corrected chi connectivity index (χ2v) is 14.7. The molecule has 3 heterocycles. The van der Waals surface area contributed by atoms with E-state index in [4.69, 9.17) is 4.98 Å². The van der Waals surface area contributed by atoms with Gasteiger partial charge in [-0.25, -0.2) is 0 Å². The molecule has 7 aromatic rings. The molecule has 5 heteroatoms. The summed E-state index contributed by atoms with van der Waals surface area (Å²) in [7, 11) is 0. The molecule has 0 aliphatic heterocycles. The van der Waals surface area contributed by atoms with Crippen LogP contribution >= 0.6 is 0 Å². The molecule has 0 aliphatic rings. The maximum Gasteiger partial charge on any atom is 0.162 e. The standard InChI is InChI=1S/C31H25N2.C13H24O2.Ir/c1-18-22-8-6-5-7-21(22)16-25-28-27-20(13-14-32-28)10-11-23-24-15-19(17-31(2,3)4)9-12-26(24)33(29(18)25)30(23)27;1-5-10(6-2)12(14)9-13(15)11(7-3)8-4;/h5-15H,17H2,1-4H3;9-11,14H,5-8H2,1-4H3;/q-1;;/b;12-9-;. The SMILES string of the molecule is CCC(CC)C(=O)/C=C(\O)C(CC)CC.Cc1c2ccccc2[c-]c2c3nccc4ccc5c6cc(CC(C)(C)C)ccc6n(c12)c5c43.[Ir]. The van der Waals surface area contributed by atoms with Crippen LogP contribution in [0.15, 0.2) is 78.7 Å². The van der Waals surface area contributed by atoms with Crippen LogP contribution in [0.3, 0.4) is 0 Å². The van der Waals surface area contributed by atoms with Gasteiger partial charge in [0.25, 0.3) is 0 Å². The maximum absolute atomic E-state index is 11.7. The number of hydrogen-bond acceptors (Lipinski definition) is 3. The van der Waals surface area contributed by atoms with Crippen molar-refractivity contribution in [2.45, 2.75) is 87.5 Å². The third-order valence-corrected chi connectivity index (χ3v) is 10.2. The summed E-state index contributed by atoms with van der Waals surface area (Å²) in [5.41, 5.74) is 7.73. The molecule has 0 spiro atoms. The van der Waals surface area contributed by atoms with E-state index < -0.39 is 0 Å². The fourth-order valence-corrected chi connectivity index (χ4v) is 7.62. The third kappa shape index (κ3) is 6.73. The van der Waals surface area contributed by atoms with E-state index in [2.05, 4.69) is 98.8 Å². The first-order valence-corrected chi connectivity index (χ1v) is 17.8. The van der Waals surface area contributed by atoms with Gasteiger partial charge in [0.15, 0.2) is 5.78 Å². The van der Waals surface area contributed by atoms with E-state index in [1.165, 1.54) is 60.7 Å². The van der Waals surface area contributed by atoms with Crippen LogP contribution in [-0.4, -0.2) is 20.3 Å². The predicted molar refractivity (Wildman–Crippen MR) is 205 cm³/mol. The van der Waals surface area contributed by atoms with Gasteiger partial charge in [0.05, 0.1) is 5.76 Å². The van der Waals surface area contributed by atoms with E-state index in [0.717, 1.165) is 48.4 Å². The molecule has 0 atom stereocenters. The Balaban J connectivity index is 0.000000252. The van der Waals surface area contributed by atoms with Gasteiger partial charge in [-0.05, 0) is 77.6 Å². The van der Waals surface area contributed by atoms with Gasteiger partial charge in [-0.15, -0.1) is 17.5 Å². The van der Waals surface area contributed by atoms with Crippen LogP contribution in [-0.2, 0) is 31.3 Å². The first kappa shape index (κ1) is 36.5. The normalized spacial score (nSPS) is 12.6. The Morgan fingerprint density at radius 1 is 0.878 bits per heavy atom. The zero-order valence-electron chi connectivity index (χ0n) is 30.2. The molecular weight excluding hydrogens is 781 g/mol. The van der Waals surface area contributed by atoms with Crippen molar-refractivity contribution in [2.75, 3.05) is 0 Å². The number of fused-ring (bicyclic) bond motifs is 7. The maximum atomic E-state index is 11.7. The van der Waals surface area contributed by atoms with Crippen LogP contribution in [0.5, 0.6) is 0 Å². The molecule has 0 saturated heterocycles. The molecule has 49 heavy (non-hydrogen) atoms. The van der Waals surface area contributed by atoms with Gasteiger partial charge < -0.3 is 9.51 Å². The zero-order valence-corrected chi connectivity index (χ0v) is 32.6. The molecule has 7 rings (SSSR count). The van der Waals surface area contributed by atoms with Crippen molar-refractivity contribution in [3.05, 3.63) is 95.9 Å². The number of aliphatic hydroxyl groups excluding tert-OH is 1. The van der Waals surface area contributed by atoms with E-state index in [-0.39, 0.29) is 48.9 Å². The molecule has 1 N–H and O–H groups in total. The quantitative estimate of drug-likeness (QED) is 0.0546. The Morgan fingerprint density at radius 3 is 2.24 bits per heavy atom. The van der Waals surface area contributed by atoms with Crippen LogP contribution in [0.25, 0.3) is 59.8 Å². The summed E-state index contributed by atoms with van der Waals surface area (Å²) in [6.45, 7) is 17.2. The number of benzene rings is 4. The van der Waals surface area contributed by atoms with Crippen molar-refractivity contribution < 1.29 is 30.0 Å². The van der Waals surface area contributed by atoms with Crippen molar-refractivity contribution in [2.24, 2.45) is 17.3 Å². The molecule has 0 bridgehead atoms. The number of nitrogens with zero attached hydrogens (tertiary/aromatic N) is 2. The van der Waals surface area contributed by atoms with Crippen molar-refractivity contribution in [3.8, 4) is 0 Å². The summed E-state index contributed by atoms with van der Waals surface area (Å²) in [5, 5.41) is 18.4. The van der Waals surface area contributed by atoms with Gasteiger partial charge in [0, 0.05) is 71.5 Å². The van der Waals surface area contributed by atoms with Crippen molar-refractivity contribution in [3.63, 3.8) is 0 Å². The number of carbonyl (C=O) groups excluding carboxylic acids is 1. The van der Waals surface area contributed by atoms with Gasteiger partial charge in [-0.3, -0.25) is 9.78 Å². The Bertz CT molecular complexity index is 2300. The zero-order chi connectivity index (χ0) is 34.3. The van der Waals surface area contributed by atoms with Crippen LogP contribution in [0.4, 0.5) is 0 Å². The second-order valence-electron chi connectivity index (χ2n) is 14.7. The van der Waals surface area contributed by atoms with Crippen molar-refractivity contribution >= 4 is 65.6 Å². The number of pyridine rings is 2. The number of hydrogen-bond donors (Lipinski definition) is 1. The van der Waals surface area contributed by atoms with Gasteiger partial charge in [-0.2, -0.15) is 0 Å². The number of aromatic nitrogens is 2. The van der Waals surface area contributed by atoms with Gasteiger partial charge in [-0.1, -0.05) is 108 Å². The largest absolute Gasteiger partial charge is 0.512 e. The first-order chi connectivity index (χ1) is 23.0. The molecule has 0 unspecified atom stereocenters. The molecule has 0 saturated carbocycles. The molecule has 4 aromatic carbocycles. The van der Waals surface area contributed by atoms with E-state index in [1.807, 2.05) is 33.9 Å². The molecule has 0 amide bonds. The Hall–Kier alpha value is -3.79. The second kappa shape index (κ2) is 14.6. The minimum Gasteiger partial charge on any atom is -0.512 e. The van der Waals surface area contributed by atoms with Crippen molar-refractivity contribution in [1.82, 2.24) is 9.38 Å². The van der Waals surface area contributed by atoms with E-state index in [1.54, 1.807) is 0 Å². The van der Waals surface area contributed by atoms with Gasteiger partial charge in [0.1, 0.15) is 0 Å². The Kier molecular flexibility index (Phi) is 10.9. The molecule has 257 valence electrons. The number of aliphatic hydroxyl groups is 1. The summed E-state index contributed by atoms with van der Waals surface area (Å²) in [4.78, 5) is 16.6. The van der Waals surface area contributed by atoms with E-state index in [9.17, 15) is 9.90 Å². The number of rotatable bonds is 8. The smallest absolute Gasteiger partial charge is 0.162 e. The average molecular weight is 830 g/mol. The third-order valence-electron chi connectivity index (χ3n) is 10.2.